The highest BCUT2D eigenvalue weighted by Gasteiger charge is 2.30. The van der Waals surface area contributed by atoms with Crippen molar-refractivity contribution >= 4 is 16.6 Å². The first kappa shape index (κ1) is 22.8. The number of hydrogen-bond acceptors (Lipinski definition) is 3. The van der Waals surface area contributed by atoms with Crippen molar-refractivity contribution in [2.24, 2.45) is 5.92 Å². The molecule has 1 atom stereocenters. The third-order valence-electron chi connectivity index (χ3n) is 5.32. The van der Waals surface area contributed by atoms with E-state index in [2.05, 4.69) is 12.2 Å². The Hall–Kier alpha value is -2.86. The number of benzene rings is 3. The van der Waals surface area contributed by atoms with Crippen molar-refractivity contribution in [2.75, 3.05) is 13.6 Å². The van der Waals surface area contributed by atoms with E-state index in [1.54, 1.807) is 18.2 Å². The Bertz CT molecular complexity index is 1030. The van der Waals surface area contributed by atoms with Gasteiger partial charge in [0.2, 0.25) is 0 Å². The third kappa shape index (κ3) is 6.07. The first-order chi connectivity index (χ1) is 14.8. The molecule has 3 aromatic carbocycles. The van der Waals surface area contributed by atoms with Gasteiger partial charge < -0.3 is 10.1 Å². The Morgan fingerprint density at radius 2 is 1.77 bits per heavy atom. The van der Waals surface area contributed by atoms with Crippen molar-refractivity contribution in [1.82, 2.24) is 5.32 Å². The van der Waals surface area contributed by atoms with Gasteiger partial charge >= 0.3 is 6.18 Å². The quantitative estimate of drug-likeness (QED) is 0.378. The molecular weight excluding hydrogens is 403 g/mol. The van der Waals surface area contributed by atoms with Gasteiger partial charge in [0.25, 0.3) is 0 Å². The summed E-state index contributed by atoms with van der Waals surface area (Å²) >= 11 is 0. The summed E-state index contributed by atoms with van der Waals surface area (Å²) in [4.78, 5) is 12.6. The van der Waals surface area contributed by atoms with Crippen LogP contribution in [0.1, 0.15) is 42.1 Å². The smallest absolute Gasteiger partial charge is 0.416 e. The molecule has 164 valence electrons. The highest BCUT2D eigenvalue weighted by atomic mass is 19.4. The molecule has 0 spiro atoms. The molecule has 0 aliphatic rings. The Morgan fingerprint density at radius 3 is 2.45 bits per heavy atom. The van der Waals surface area contributed by atoms with E-state index in [9.17, 15) is 18.0 Å². The molecule has 31 heavy (non-hydrogen) atoms. The van der Waals surface area contributed by atoms with Gasteiger partial charge in [-0.15, -0.1) is 0 Å². The molecule has 0 bridgehead atoms. The summed E-state index contributed by atoms with van der Waals surface area (Å²) in [5.41, 5.74) is -0.0683. The summed E-state index contributed by atoms with van der Waals surface area (Å²) in [7, 11) is 1.92. The van der Waals surface area contributed by atoms with Gasteiger partial charge in [0.1, 0.15) is 11.5 Å². The number of hydrogen-bond donors (Lipinski definition) is 1. The summed E-state index contributed by atoms with van der Waals surface area (Å²) in [5.74, 6) is 1.42. The van der Waals surface area contributed by atoms with E-state index in [0.29, 0.717) is 29.4 Å². The van der Waals surface area contributed by atoms with Crippen LogP contribution in [0, 0.1) is 5.92 Å². The standard InChI is InChI=1S/C25H26F3NO2/c1-17(14-15-29-2)6-13-23(30)19-7-12-22-18(16-19)4-3-5-24(22)31-21-10-8-20(9-11-21)25(26,27)28/h3-5,7-12,16-17,29H,6,13-15H2,1-2H3/t17-/m0/s1. The molecule has 0 saturated heterocycles. The van der Waals surface area contributed by atoms with E-state index in [-0.39, 0.29) is 5.78 Å². The Kier molecular flexibility index (Phi) is 7.33. The van der Waals surface area contributed by atoms with E-state index in [1.807, 2.05) is 25.2 Å². The summed E-state index contributed by atoms with van der Waals surface area (Å²) in [6.07, 6.45) is -2.01. The number of nitrogens with one attached hydrogen (secondary N) is 1. The Labute approximate surface area is 180 Å². The van der Waals surface area contributed by atoms with Crippen molar-refractivity contribution in [3.05, 3.63) is 71.8 Å². The van der Waals surface area contributed by atoms with Crippen LogP contribution >= 0.6 is 0 Å². The molecule has 3 nitrogen and oxygen atoms in total. The highest BCUT2D eigenvalue weighted by molar-refractivity contribution is 6.01. The van der Waals surface area contributed by atoms with Gasteiger partial charge in [-0.05, 0) is 80.2 Å². The van der Waals surface area contributed by atoms with Crippen molar-refractivity contribution in [3.8, 4) is 11.5 Å². The largest absolute Gasteiger partial charge is 0.457 e. The minimum Gasteiger partial charge on any atom is -0.457 e. The first-order valence-corrected chi connectivity index (χ1v) is 10.3. The van der Waals surface area contributed by atoms with Gasteiger partial charge in [-0.2, -0.15) is 13.2 Å². The van der Waals surface area contributed by atoms with E-state index >= 15 is 0 Å². The molecule has 0 radical (unpaired) electrons. The number of alkyl halides is 3. The monoisotopic (exact) mass is 429 g/mol. The van der Waals surface area contributed by atoms with Crippen LogP contribution < -0.4 is 10.1 Å². The predicted octanol–water partition coefficient (Wildman–Crippen LogP) is 6.86. The fraction of sp³-hybridized carbons (Fsp3) is 0.320. The van der Waals surface area contributed by atoms with Crippen molar-refractivity contribution in [2.45, 2.75) is 32.4 Å². The van der Waals surface area contributed by atoms with E-state index in [1.165, 1.54) is 12.1 Å². The minimum absolute atomic E-state index is 0.104. The van der Waals surface area contributed by atoms with Crippen LogP contribution in [-0.4, -0.2) is 19.4 Å². The fourth-order valence-electron chi connectivity index (χ4n) is 3.41. The van der Waals surface area contributed by atoms with Gasteiger partial charge in [-0.25, -0.2) is 0 Å². The molecule has 3 rings (SSSR count). The van der Waals surface area contributed by atoms with Crippen LogP contribution in [-0.2, 0) is 6.18 Å². The van der Waals surface area contributed by atoms with Crippen LogP contribution in [0.25, 0.3) is 10.8 Å². The van der Waals surface area contributed by atoms with E-state index < -0.39 is 11.7 Å². The van der Waals surface area contributed by atoms with Crippen LogP contribution in [0.4, 0.5) is 13.2 Å². The van der Waals surface area contributed by atoms with E-state index in [0.717, 1.165) is 42.3 Å². The lowest BCUT2D eigenvalue weighted by molar-refractivity contribution is -0.137. The maximum atomic E-state index is 12.7. The van der Waals surface area contributed by atoms with Crippen LogP contribution in [0.15, 0.2) is 60.7 Å². The van der Waals surface area contributed by atoms with Crippen LogP contribution in [0.3, 0.4) is 0 Å². The van der Waals surface area contributed by atoms with Crippen molar-refractivity contribution in [3.63, 3.8) is 0 Å². The molecule has 0 saturated carbocycles. The van der Waals surface area contributed by atoms with Crippen LogP contribution in [0.5, 0.6) is 11.5 Å². The van der Waals surface area contributed by atoms with Gasteiger partial charge in [-0.3, -0.25) is 4.79 Å². The minimum atomic E-state index is -4.38. The third-order valence-corrected chi connectivity index (χ3v) is 5.32. The normalized spacial score (nSPS) is 12.7. The Balaban J connectivity index is 1.73. The second kappa shape index (κ2) is 9.96. The zero-order valence-corrected chi connectivity index (χ0v) is 17.6. The number of carbonyl (C=O) groups excluding carboxylic acids is 1. The molecule has 0 amide bonds. The molecular formula is C25H26F3NO2. The topological polar surface area (TPSA) is 38.3 Å². The average molecular weight is 429 g/mol. The summed E-state index contributed by atoms with van der Waals surface area (Å²) < 4.78 is 44.0. The van der Waals surface area contributed by atoms with Crippen molar-refractivity contribution < 1.29 is 22.7 Å². The fourth-order valence-corrected chi connectivity index (χ4v) is 3.41. The number of rotatable bonds is 9. The molecule has 0 aromatic heterocycles. The molecule has 0 unspecified atom stereocenters. The number of ether oxygens (including phenoxy) is 1. The molecule has 3 aromatic rings. The van der Waals surface area contributed by atoms with Gasteiger partial charge in [0, 0.05) is 17.4 Å². The number of fused-ring (bicyclic) bond motifs is 1. The highest BCUT2D eigenvalue weighted by Crippen LogP contribution is 2.34. The lowest BCUT2D eigenvalue weighted by Gasteiger charge is -2.12. The number of halogens is 3. The Morgan fingerprint density at radius 1 is 1.03 bits per heavy atom. The molecule has 6 heteroatoms. The first-order valence-electron chi connectivity index (χ1n) is 10.3. The summed E-state index contributed by atoms with van der Waals surface area (Å²) in [5, 5.41) is 4.76. The second-order valence-corrected chi connectivity index (χ2v) is 7.78. The number of carbonyl (C=O) groups is 1. The molecule has 0 heterocycles. The maximum absolute atomic E-state index is 12.7. The van der Waals surface area contributed by atoms with Gasteiger partial charge in [0.15, 0.2) is 5.78 Å². The number of ketones is 1. The lowest BCUT2D eigenvalue weighted by Crippen LogP contribution is -2.12. The van der Waals surface area contributed by atoms with E-state index in [4.69, 9.17) is 4.74 Å². The van der Waals surface area contributed by atoms with Gasteiger partial charge in [0.05, 0.1) is 5.56 Å². The zero-order valence-electron chi connectivity index (χ0n) is 17.6. The molecule has 0 aliphatic heterocycles. The SMILES string of the molecule is CNCC[C@@H](C)CCC(=O)c1ccc2c(Oc3ccc(C(F)(F)F)cc3)cccc2c1. The van der Waals surface area contributed by atoms with Crippen molar-refractivity contribution in [1.29, 1.82) is 0 Å². The lowest BCUT2D eigenvalue weighted by atomic mass is 9.96. The van der Waals surface area contributed by atoms with Crippen LogP contribution in [0.2, 0.25) is 0 Å². The predicted molar refractivity (Wildman–Crippen MR) is 117 cm³/mol. The average Bonchev–Trinajstić information content (AvgIpc) is 2.75. The zero-order chi connectivity index (χ0) is 22.4. The molecule has 0 fully saturated rings. The second-order valence-electron chi connectivity index (χ2n) is 7.78. The van der Waals surface area contributed by atoms with Gasteiger partial charge in [-0.1, -0.05) is 25.1 Å². The summed E-state index contributed by atoms with van der Waals surface area (Å²) in [6, 6.07) is 15.5. The molecule has 0 aliphatic carbocycles. The number of Topliss-reactive ketones (excluding diaryl/α,β-unsaturated/α-hetero) is 1. The maximum Gasteiger partial charge on any atom is 0.416 e. The summed E-state index contributed by atoms with van der Waals surface area (Å²) in [6.45, 7) is 3.09. The molecule has 1 N–H and O–H groups in total.